The Bertz CT molecular complexity index is 598. The van der Waals surface area contributed by atoms with Crippen molar-refractivity contribution in [2.75, 3.05) is 11.9 Å². The highest BCUT2D eigenvalue weighted by molar-refractivity contribution is 5.99. The summed E-state index contributed by atoms with van der Waals surface area (Å²) in [7, 11) is 0. The third-order valence-corrected chi connectivity index (χ3v) is 3.55. The number of anilines is 1. The molecule has 0 unspecified atom stereocenters. The second kappa shape index (κ2) is 7.06. The van der Waals surface area contributed by atoms with Gasteiger partial charge in [0.2, 0.25) is 11.8 Å². The molecule has 0 aliphatic carbocycles. The smallest absolute Gasteiger partial charge is 0.251 e. The van der Waals surface area contributed by atoms with Crippen LogP contribution in [-0.2, 0) is 16.0 Å². The molecule has 0 saturated heterocycles. The number of hydrogen-bond donors (Lipinski definition) is 3. The fourth-order valence-corrected chi connectivity index (χ4v) is 2.27. The predicted octanol–water partition coefficient (Wildman–Crippen LogP) is 1.22. The number of aryl methyl sites for hydroxylation is 1. The molecule has 0 radical (unpaired) electrons. The largest absolute Gasteiger partial charge is 0.354 e. The summed E-state index contributed by atoms with van der Waals surface area (Å²) in [4.78, 5) is 35.3. The second-order valence-corrected chi connectivity index (χ2v) is 5.41. The van der Waals surface area contributed by atoms with E-state index in [4.69, 9.17) is 0 Å². The van der Waals surface area contributed by atoms with Crippen molar-refractivity contribution in [3.63, 3.8) is 0 Å². The minimum atomic E-state index is -0.588. The average Bonchev–Trinajstić information content (AvgIpc) is 2.51. The van der Waals surface area contributed by atoms with E-state index in [1.54, 1.807) is 25.1 Å². The number of hydrogen-bond acceptors (Lipinski definition) is 3. The highest BCUT2D eigenvalue weighted by Crippen LogP contribution is 2.23. The van der Waals surface area contributed by atoms with Gasteiger partial charge in [0.05, 0.1) is 0 Å². The van der Waals surface area contributed by atoms with Crippen molar-refractivity contribution < 1.29 is 14.4 Å². The summed E-state index contributed by atoms with van der Waals surface area (Å²) in [5.41, 5.74) is 2.18. The van der Waals surface area contributed by atoms with Crippen LogP contribution in [0.3, 0.4) is 0 Å². The van der Waals surface area contributed by atoms with E-state index in [0.29, 0.717) is 24.9 Å². The van der Waals surface area contributed by atoms with Crippen LogP contribution in [0.1, 0.15) is 42.6 Å². The highest BCUT2D eigenvalue weighted by Gasteiger charge is 2.19. The first-order valence-corrected chi connectivity index (χ1v) is 7.52. The molecule has 6 heteroatoms. The van der Waals surface area contributed by atoms with E-state index in [1.807, 2.05) is 6.92 Å². The standard InChI is InChI=1S/C16H21N3O3/c1-3-8-17-15(21)10(2)18-16(22)12-4-6-13-11(9-12)5-7-14(20)19-13/h4,6,9-10H,3,5,7-8H2,1-2H3,(H,17,21)(H,18,22)(H,19,20)/t10-/m0/s1. The SMILES string of the molecule is CCCNC(=O)[C@H](C)NC(=O)c1ccc2c(c1)CCC(=O)N2. The first kappa shape index (κ1) is 16.0. The third-order valence-electron chi connectivity index (χ3n) is 3.55. The second-order valence-electron chi connectivity index (χ2n) is 5.41. The zero-order valence-corrected chi connectivity index (χ0v) is 12.9. The van der Waals surface area contributed by atoms with Gasteiger partial charge in [-0.25, -0.2) is 0 Å². The van der Waals surface area contributed by atoms with Crippen LogP contribution in [0, 0.1) is 0 Å². The van der Waals surface area contributed by atoms with Crippen LogP contribution in [0.2, 0.25) is 0 Å². The van der Waals surface area contributed by atoms with Crippen molar-refractivity contribution in [2.45, 2.75) is 39.2 Å². The van der Waals surface area contributed by atoms with Gasteiger partial charge in [-0.1, -0.05) is 6.92 Å². The van der Waals surface area contributed by atoms with E-state index in [-0.39, 0.29) is 17.7 Å². The van der Waals surface area contributed by atoms with Gasteiger partial charge in [0.1, 0.15) is 6.04 Å². The van der Waals surface area contributed by atoms with Crippen molar-refractivity contribution in [3.05, 3.63) is 29.3 Å². The first-order valence-electron chi connectivity index (χ1n) is 7.52. The molecule has 2 rings (SSSR count). The molecule has 0 bridgehead atoms. The Morgan fingerprint density at radius 3 is 2.82 bits per heavy atom. The van der Waals surface area contributed by atoms with Gasteiger partial charge in [-0.05, 0) is 43.5 Å². The van der Waals surface area contributed by atoms with Gasteiger partial charge in [-0.2, -0.15) is 0 Å². The molecule has 0 fully saturated rings. The molecule has 22 heavy (non-hydrogen) atoms. The molecule has 3 N–H and O–H groups in total. The summed E-state index contributed by atoms with van der Waals surface area (Å²) in [6.45, 7) is 4.22. The van der Waals surface area contributed by atoms with Crippen molar-refractivity contribution in [1.82, 2.24) is 10.6 Å². The number of rotatable bonds is 5. The van der Waals surface area contributed by atoms with Gasteiger partial charge in [0.25, 0.3) is 5.91 Å². The number of carbonyl (C=O) groups excluding carboxylic acids is 3. The number of nitrogens with one attached hydrogen (secondary N) is 3. The van der Waals surface area contributed by atoms with E-state index < -0.39 is 6.04 Å². The van der Waals surface area contributed by atoms with Crippen molar-refractivity contribution in [3.8, 4) is 0 Å². The molecule has 1 aliphatic rings. The highest BCUT2D eigenvalue weighted by atomic mass is 16.2. The van der Waals surface area contributed by atoms with Crippen LogP contribution < -0.4 is 16.0 Å². The number of carbonyl (C=O) groups is 3. The van der Waals surface area contributed by atoms with Crippen molar-refractivity contribution in [2.24, 2.45) is 0 Å². The Kier molecular flexibility index (Phi) is 5.14. The zero-order valence-electron chi connectivity index (χ0n) is 12.9. The molecule has 1 aliphatic heterocycles. The summed E-state index contributed by atoms with van der Waals surface area (Å²) in [6.07, 6.45) is 1.89. The molecule has 0 saturated carbocycles. The Morgan fingerprint density at radius 2 is 2.09 bits per heavy atom. The minimum Gasteiger partial charge on any atom is -0.354 e. The molecule has 1 atom stereocenters. The lowest BCUT2D eigenvalue weighted by Gasteiger charge is -2.18. The maximum atomic E-state index is 12.2. The summed E-state index contributed by atoms with van der Waals surface area (Å²) in [5, 5.41) is 8.20. The molecule has 118 valence electrons. The van der Waals surface area contributed by atoms with E-state index in [2.05, 4.69) is 16.0 Å². The minimum absolute atomic E-state index is 0.00841. The lowest BCUT2D eigenvalue weighted by molar-refractivity contribution is -0.122. The number of benzene rings is 1. The van der Waals surface area contributed by atoms with Crippen LogP contribution in [0.5, 0.6) is 0 Å². The summed E-state index contributed by atoms with van der Waals surface area (Å²) < 4.78 is 0. The van der Waals surface area contributed by atoms with Gasteiger partial charge < -0.3 is 16.0 Å². The number of amides is 3. The van der Waals surface area contributed by atoms with E-state index in [1.165, 1.54) is 0 Å². The van der Waals surface area contributed by atoms with Crippen molar-refractivity contribution in [1.29, 1.82) is 0 Å². The molecule has 1 aromatic rings. The Morgan fingerprint density at radius 1 is 1.32 bits per heavy atom. The molecule has 0 spiro atoms. The van der Waals surface area contributed by atoms with Gasteiger partial charge in [-0.3, -0.25) is 14.4 Å². The Hall–Kier alpha value is -2.37. The van der Waals surface area contributed by atoms with Gasteiger partial charge >= 0.3 is 0 Å². The molecule has 0 aromatic heterocycles. The van der Waals surface area contributed by atoms with Gasteiger partial charge in [0, 0.05) is 24.2 Å². The maximum absolute atomic E-state index is 12.2. The Labute approximate surface area is 129 Å². The maximum Gasteiger partial charge on any atom is 0.251 e. The van der Waals surface area contributed by atoms with Crippen LogP contribution in [-0.4, -0.2) is 30.3 Å². The van der Waals surface area contributed by atoms with Crippen molar-refractivity contribution >= 4 is 23.4 Å². The predicted molar refractivity (Wildman–Crippen MR) is 83.6 cm³/mol. The lowest BCUT2D eigenvalue weighted by Crippen LogP contribution is -2.45. The number of fused-ring (bicyclic) bond motifs is 1. The molecule has 1 heterocycles. The average molecular weight is 303 g/mol. The fourth-order valence-electron chi connectivity index (χ4n) is 2.27. The first-order chi connectivity index (χ1) is 10.5. The van der Waals surface area contributed by atoms with E-state index in [9.17, 15) is 14.4 Å². The van der Waals surface area contributed by atoms with Gasteiger partial charge in [-0.15, -0.1) is 0 Å². The lowest BCUT2D eigenvalue weighted by atomic mass is 10.00. The summed E-state index contributed by atoms with van der Waals surface area (Å²) >= 11 is 0. The van der Waals surface area contributed by atoms with E-state index >= 15 is 0 Å². The molecular weight excluding hydrogens is 282 g/mol. The molecule has 3 amide bonds. The van der Waals surface area contributed by atoms with Crippen LogP contribution in [0.15, 0.2) is 18.2 Å². The molecular formula is C16H21N3O3. The van der Waals surface area contributed by atoms with Crippen LogP contribution in [0.25, 0.3) is 0 Å². The monoisotopic (exact) mass is 303 g/mol. The third kappa shape index (κ3) is 3.84. The fraction of sp³-hybridized carbons (Fsp3) is 0.438. The molecule has 1 aromatic carbocycles. The topological polar surface area (TPSA) is 87.3 Å². The van der Waals surface area contributed by atoms with Gasteiger partial charge in [0.15, 0.2) is 0 Å². The zero-order chi connectivity index (χ0) is 16.1. The van der Waals surface area contributed by atoms with E-state index in [0.717, 1.165) is 17.7 Å². The Balaban J connectivity index is 2.01. The van der Waals surface area contributed by atoms with Crippen LogP contribution >= 0.6 is 0 Å². The molecule has 6 nitrogen and oxygen atoms in total. The quantitative estimate of drug-likeness (QED) is 0.764. The van der Waals surface area contributed by atoms with Crippen LogP contribution in [0.4, 0.5) is 5.69 Å². The summed E-state index contributed by atoms with van der Waals surface area (Å²) in [5.74, 6) is -0.495. The summed E-state index contributed by atoms with van der Waals surface area (Å²) in [6, 6.07) is 4.55. The normalized spacial score (nSPS) is 14.5.